The topological polar surface area (TPSA) is 41.1 Å². The van der Waals surface area contributed by atoms with E-state index in [1.54, 1.807) is 0 Å². The second-order valence-electron chi connectivity index (χ2n) is 4.01. The van der Waals surface area contributed by atoms with Crippen LogP contribution in [0.15, 0.2) is 24.3 Å². The van der Waals surface area contributed by atoms with Crippen LogP contribution >= 0.6 is 0 Å². The van der Waals surface area contributed by atoms with Gasteiger partial charge in [0.2, 0.25) is 5.91 Å². The van der Waals surface area contributed by atoms with E-state index in [0.29, 0.717) is 6.54 Å². The van der Waals surface area contributed by atoms with Crippen molar-refractivity contribution in [1.82, 2.24) is 10.6 Å². The Morgan fingerprint density at radius 3 is 2.94 bits per heavy atom. The minimum atomic E-state index is -0.246. The number of hydrogen-bond donors (Lipinski definition) is 2. The first-order chi connectivity index (χ1) is 8.13. The minimum Gasteiger partial charge on any atom is -0.344 e. The van der Waals surface area contributed by atoms with Crippen molar-refractivity contribution in [2.75, 3.05) is 6.54 Å². The van der Waals surface area contributed by atoms with Crippen LogP contribution in [0, 0.1) is 19.3 Å². The van der Waals surface area contributed by atoms with Gasteiger partial charge in [-0.1, -0.05) is 35.7 Å². The van der Waals surface area contributed by atoms with Crippen LogP contribution in [0.1, 0.15) is 18.1 Å². The van der Waals surface area contributed by atoms with Crippen molar-refractivity contribution in [3.63, 3.8) is 0 Å². The predicted molar refractivity (Wildman–Crippen MR) is 69.3 cm³/mol. The molecule has 1 atom stereocenters. The second-order valence-corrected chi connectivity index (χ2v) is 4.01. The number of rotatable bonds is 5. The van der Waals surface area contributed by atoms with E-state index in [1.165, 1.54) is 11.1 Å². The summed E-state index contributed by atoms with van der Waals surface area (Å²) in [4.78, 5) is 11.5. The van der Waals surface area contributed by atoms with Gasteiger partial charge < -0.3 is 10.6 Å². The van der Waals surface area contributed by atoms with E-state index in [2.05, 4.69) is 22.6 Å². The van der Waals surface area contributed by atoms with E-state index >= 15 is 0 Å². The third-order valence-electron chi connectivity index (χ3n) is 2.45. The molecular weight excluding hydrogens is 212 g/mol. The Labute approximate surface area is 103 Å². The van der Waals surface area contributed by atoms with Crippen LogP contribution in [0.25, 0.3) is 0 Å². The maximum absolute atomic E-state index is 11.5. The van der Waals surface area contributed by atoms with Gasteiger partial charge in [0, 0.05) is 6.54 Å². The van der Waals surface area contributed by atoms with Gasteiger partial charge in [-0.2, -0.15) is 0 Å². The molecular formula is C14H18N2O. The van der Waals surface area contributed by atoms with E-state index in [1.807, 2.05) is 32.0 Å². The van der Waals surface area contributed by atoms with Gasteiger partial charge in [0.1, 0.15) is 0 Å². The van der Waals surface area contributed by atoms with Crippen LogP contribution in [-0.2, 0) is 11.3 Å². The lowest BCUT2D eigenvalue weighted by atomic mass is 10.1. The highest BCUT2D eigenvalue weighted by molar-refractivity contribution is 5.81. The molecule has 0 aliphatic carbocycles. The van der Waals surface area contributed by atoms with Gasteiger partial charge in [0.25, 0.3) is 0 Å². The summed E-state index contributed by atoms with van der Waals surface area (Å²) in [5.74, 6) is 2.30. The lowest BCUT2D eigenvalue weighted by Crippen LogP contribution is -2.41. The van der Waals surface area contributed by atoms with Crippen molar-refractivity contribution < 1.29 is 4.79 Å². The number of amides is 1. The van der Waals surface area contributed by atoms with Crippen LogP contribution in [-0.4, -0.2) is 18.5 Å². The van der Waals surface area contributed by atoms with Crippen LogP contribution in [0.2, 0.25) is 0 Å². The summed E-state index contributed by atoms with van der Waals surface area (Å²) in [7, 11) is 0. The SMILES string of the molecule is C#CCNC(=O)C(C)NCc1cccc(C)c1. The molecule has 1 rings (SSSR count). The summed E-state index contributed by atoms with van der Waals surface area (Å²) in [5, 5.41) is 5.80. The smallest absolute Gasteiger partial charge is 0.237 e. The standard InChI is InChI=1S/C14H18N2O/c1-4-8-15-14(17)12(3)16-10-13-7-5-6-11(2)9-13/h1,5-7,9,12,16H,8,10H2,2-3H3,(H,15,17). The van der Waals surface area contributed by atoms with E-state index in [-0.39, 0.29) is 18.5 Å². The summed E-state index contributed by atoms with van der Waals surface area (Å²) in [5.41, 5.74) is 2.38. The zero-order valence-corrected chi connectivity index (χ0v) is 10.3. The number of aryl methyl sites for hydroxylation is 1. The molecule has 1 aromatic carbocycles. The number of carbonyl (C=O) groups excluding carboxylic acids is 1. The van der Waals surface area contributed by atoms with Gasteiger partial charge in [-0.3, -0.25) is 4.79 Å². The Balaban J connectivity index is 2.40. The number of benzene rings is 1. The van der Waals surface area contributed by atoms with Gasteiger partial charge in [-0.05, 0) is 19.4 Å². The monoisotopic (exact) mass is 230 g/mol. The van der Waals surface area contributed by atoms with Crippen LogP contribution < -0.4 is 10.6 Å². The summed E-state index contributed by atoms with van der Waals surface area (Å²) in [6.45, 7) is 4.82. The molecule has 1 aromatic rings. The Morgan fingerprint density at radius 2 is 2.29 bits per heavy atom. The fourth-order valence-corrected chi connectivity index (χ4v) is 1.48. The molecule has 17 heavy (non-hydrogen) atoms. The van der Waals surface area contributed by atoms with Crippen molar-refractivity contribution in [2.45, 2.75) is 26.4 Å². The molecule has 0 aliphatic heterocycles. The highest BCUT2D eigenvalue weighted by atomic mass is 16.2. The molecule has 1 unspecified atom stereocenters. The number of hydrogen-bond acceptors (Lipinski definition) is 2. The zero-order chi connectivity index (χ0) is 12.7. The van der Waals surface area contributed by atoms with Crippen molar-refractivity contribution in [2.24, 2.45) is 0 Å². The predicted octanol–water partition coefficient (Wildman–Crippen LogP) is 1.22. The van der Waals surface area contributed by atoms with Gasteiger partial charge in [-0.15, -0.1) is 6.42 Å². The molecule has 90 valence electrons. The molecule has 0 heterocycles. The summed E-state index contributed by atoms with van der Waals surface area (Å²) in [6.07, 6.45) is 5.07. The van der Waals surface area contributed by atoms with E-state index < -0.39 is 0 Å². The maximum atomic E-state index is 11.5. The summed E-state index contributed by atoms with van der Waals surface area (Å²) >= 11 is 0. The van der Waals surface area contributed by atoms with Gasteiger partial charge in [0.05, 0.1) is 12.6 Å². The molecule has 2 N–H and O–H groups in total. The largest absolute Gasteiger partial charge is 0.344 e. The van der Waals surface area contributed by atoms with E-state index in [9.17, 15) is 4.79 Å². The fraction of sp³-hybridized carbons (Fsp3) is 0.357. The van der Waals surface area contributed by atoms with Crippen molar-refractivity contribution in [1.29, 1.82) is 0 Å². The lowest BCUT2D eigenvalue weighted by molar-refractivity contribution is -0.122. The maximum Gasteiger partial charge on any atom is 0.237 e. The first-order valence-corrected chi connectivity index (χ1v) is 5.63. The summed E-state index contributed by atoms with van der Waals surface area (Å²) < 4.78 is 0. The van der Waals surface area contributed by atoms with Gasteiger partial charge in [0.15, 0.2) is 0 Å². The third kappa shape index (κ3) is 4.71. The Bertz CT molecular complexity index is 420. The first kappa shape index (κ1) is 13.3. The molecule has 0 aliphatic rings. The van der Waals surface area contributed by atoms with Crippen LogP contribution in [0.4, 0.5) is 0 Å². The molecule has 0 bridgehead atoms. The Hall–Kier alpha value is -1.79. The van der Waals surface area contributed by atoms with Gasteiger partial charge in [-0.25, -0.2) is 0 Å². The Morgan fingerprint density at radius 1 is 1.53 bits per heavy atom. The quantitative estimate of drug-likeness (QED) is 0.747. The van der Waals surface area contributed by atoms with Gasteiger partial charge >= 0.3 is 0 Å². The van der Waals surface area contributed by atoms with Crippen LogP contribution in [0.5, 0.6) is 0 Å². The fourth-order valence-electron chi connectivity index (χ4n) is 1.48. The third-order valence-corrected chi connectivity index (χ3v) is 2.45. The van der Waals surface area contributed by atoms with Crippen molar-refractivity contribution in [3.05, 3.63) is 35.4 Å². The molecule has 0 radical (unpaired) electrons. The van der Waals surface area contributed by atoms with Crippen molar-refractivity contribution >= 4 is 5.91 Å². The molecule has 0 spiro atoms. The molecule has 3 heteroatoms. The lowest BCUT2D eigenvalue weighted by Gasteiger charge is -2.13. The van der Waals surface area contributed by atoms with Crippen molar-refractivity contribution in [3.8, 4) is 12.3 Å². The zero-order valence-electron chi connectivity index (χ0n) is 10.3. The highest BCUT2D eigenvalue weighted by Gasteiger charge is 2.10. The highest BCUT2D eigenvalue weighted by Crippen LogP contribution is 2.03. The second kappa shape index (κ2) is 6.72. The Kier molecular flexibility index (Phi) is 5.25. The normalized spacial score (nSPS) is 11.6. The molecule has 1 amide bonds. The molecule has 0 aromatic heterocycles. The molecule has 0 saturated heterocycles. The minimum absolute atomic E-state index is 0.0735. The van der Waals surface area contributed by atoms with Crippen LogP contribution in [0.3, 0.4) is 0 Å². The van der Waals surface area contributed by atoms with E-state index in [0.717, 1.165) is 0 Å². The first-order valence-electron chi connectivity index (χ1n) is 5.63. The number of carbonyl (C=O) groups is 1. The molecule has 0 fully saturated rings. The van der Waals surface area contributed by atoms with E-state index in [4.69, 9.17) is 6.42 Å². The average molecular weight is 230 g/mol. The molecule has 0 saturated carbocycles. The summed E-state index contributed by atoms with van der Waals surface area (Å²) in [6, 6.07) is 7.94. The number of nitrogens with one attached hydrogen (secondary N) is 2. The number of terminal acetylenes is 1. The molecule has 3 nitrogen and oxygen atoms in total. The average Bonchev–Trinajstić information content (AvgIpc) is 2.33.